The fourth-order valence-electron chi connectivity index (χ4n) is 2.32. The lowest BCUT2D eigenvalue weighted by Gasteiger charge is -2.17. The molecule has 2 atom stereocenters. The zero-order chi connectivity index (χ0) is 13.5. The lowest BCUT2D eigenvalue weighted by atomic mass is 10.2. The monoisotopic (exact) mass is 257 g/mol. The van der Waals surface area contributed by atoms with Gasteiger partial charge in [-0.05, 0) is 18.6 Å². The minimum Gasteiger partial charge on any atom is -0.394 e. The van der Waals surface area contributed by atoms with Crippen LogP contribution in [0.5, 0.6) is 0 Å². The van der Waals surface area contributed by atoms with Crippen molar-refractivity contribution in [2.75, 3.05) is 17.7 Å². The van der Waals surface area contributed by atoms with Gasteiger partial charge in [-0.3, -0.25) is 4.98 Å². The van der Waals surface area contributed by atoms with Crippen molar-refractivity contribution in [3.63, 3.8) is 0 Å². The van der Waals surface area contributed by atoms with E-state index in [0.29, 0.717) is 16.9 Å². The molecule has 98 valence electrons. The molecule has 1 saturated carbocycles. The quantitative estimate of drug-likeness (QED) is 0.706. The zero-order valence-corrected chi connectivity index (χ0v) is 10.4. The summed E-state index contributed by atoms with van der Waals surface area (Å²) in [5.41, 5.74) is 6.64. The van der Waals surface area contributed by atoms with E-state index in [1.165, 1.54) is 0 Å². The number of hydrogen-bond acceptors (Lipinski definition) is 6. The summed E-state index contributed by atoms with van der Waals surface area (Å²) in [5.74, 6) is 0.973. The van der Waals surface area contributed by atoms with Crippen molar-refractivity contribution in [1.29, 1.82) is 0 Å². The summed E-state index contributed by atoms with van der Waals surface area (Å²) in [6.45, 7) is 3.78. The van der Waals surface area contributed by atoms with E-state index in [-0.39, 0.29) is 18.5 Å². The van der Waals surface area contributed by atoms with Gasteiger partial charge in [0.25, 0.3) is 0 Å². The molecule has 19 heavy (non-hydrogen) atoms. The number of nitrogens with zero attached hydrogens (tertiary/aromatic N) is 3. The summed E-state index contributed by atoms with van der Waals surface area (Å²) in [6.07, 6.45) is 4.34. The second-order valence-corrected chi connectivity index (χ2v) is 4.79. The van der Waals surface area contributed by atoms with Crippen LogP contribution in [0, 0.1) is 5.92 Å². The molecule has 2 aromatic rings. The van der Waals surface area contributed by atoms with Crippen molar-refractivity contribution in [3.8, 4) is 0 Å². The molecule has 1 aliphatic rings. The summed E-state index contributed by atoms with van der Waals surface area (Å²) in [4.78, 5) is 12.6. The van der Waals surface area contributed by atoms with Crippen molar-refractivity contribution < 1.29 is 5.11 Å². The molecule has 0 aromatic carbocycles. The third kappa shape index (κ3) is 1.90. The van der Waals surface area contributed by atoms with E-state index in [2.05, 4.69) is 26.8 Å². The van der Waals surface area contributed by atoms with Gasteiger partial charge >= 0.3 is 0 Å². The second kappa shape index (κ2) is 4.17. The number of rotatable bonds is 4. The number of aliphatic hydroxyl groups excluding tert-OH is 1. The van der Waals surface area contributed by atoms with Gasteiger partial charge in [0.15, 0.2) is 5.82 Å². The van der Waals surface area contributed by atoms with Gasteiger partial charge < -0.3 is 16.2 Å². The highest BCUT2D eigenvalue weighted by Gasteiger charge is 2.52. The number of nitrogen functional groups attached to an aromatic ring is 1. The van der Waals surface area contributed by atoms with Gasteiger partial charge in [-0.25, -0.2) is 4.98 Å². The molecule has 2 heterocycles. The number of nitrogens with two attached hydrogens (primary N) is 1. The molecule has 0 aliphatic heterocycles. The molecule has 1 fully saturated rings. The molecule has 6 nitrogen and oxygen atoms in total. The Hall–Kier alpha value is -2.21. The van der Waals surface area contributed by atoms with Crippen LogP contribution in [0.1, 0.15) is 6.42 Å². The highest BCUT2D eigenvalue weighted by Crippen LogP contribution is 2.46. The van der Waals surface area contributed by atoms with Gasteiger partial charge in [-0.2, -0.15) is 4.98 Å². The van der Waals surface area contributed by atoms with Crippen LogP contribution in [-0.2, 0) is 0 Å². The van der Waals surface area contributed by atoms with E-state index in [1.807, 2.05) is 12.1 Å². The zero-order valence-electron chi connectivity index (χ0n) is 10.4. The van der Waals surface area contributed by atoms with E-state index in [4.69, 9.17) is 5.73 Å². The van der Waals surface area contributed by atoms with E-state index in [9.17, 15) is 5.11 Å². The average molecular weight is 257 g/mol. The van der Waals surface area contributed by atoms with E-state index in [1.54, 1.807) is 12.3 Å². The maximum Gasteiger partial charge on any atom is 0.222 e. The van der Waals surface area contributed by atoms with Crippen molar-refractivity contribution in [1.82, 2.24) is 15.0 Å². The number of anilines is 2. The lowest BCUT2D eigenvalue weighted by molar-refractivity contribution is 0.261. The SMILES string of the molecule is C=C[C@@H]1C[C@@]1(CO)Nc1nc(N)nc2cccnc12. The minimum atomic E-state index is -0.396. The average Bonchev–Trinajstić information content (AvgIpc) is 3.12. The smallest absolute Gasteiger partial charge is 0.222 e. The first kappa shape index (κ1) is 11.9. The van der Waals surface area contributed by atoms with Crippen molar-refractivity contribution in [2.24, 2.45) is 5.92 Å². The number of hydrogen-bond donors (Lipinski definition) is 3. The molecule has 3 rings (SSSR count). The Kier molecular flexibility index (Phi) is 2.60. The summed E-state index contributed by atoms with van der Waals surface area (Å²) in [6, 6.07) is 3.62. The first-order chi connectivity index (χ1) is 9.18. The fourth-order valence-corrected chi connectivity index (χ4v) is 2.32. The van der Waals surface area contributed by atoms with Gasteiger partial charge in [0.2, 0.25) is 5.95 Å². The molecule has 1 aliphatic carbocycles. The largest absolute Gasteiger partial charge is 0.394 e. The molecule has 0 amide bonds. The van der Waals surface area contributed by atoms with Crippen LogP contribution in [0.25, 0.3) is 11.0 Å². The van der Waals surface area contributed by atoms with Crippen LogP contribution in [0.3, 0.4) is 0 Å². The van der Waals surface area contributed by atoms with Crippen LogP contribution < -0.4 is 11.1 Å². The third-order valence-corrected chi connectivity index (χ3v) is 3.54. The van der Waals surface area contributed by atoms with E-state index >= 15 is 0 Å². The normalized spacial score (nSPS) is 25.2. The molecular formula is C13H15N5O. The molecule has 2 aromatic heterocycles. The molecule has 0 saturated heterocycles. The molecule has 0 spiro atoms. The summed E-state index contributed by atoms with van der Waals surface area (Å²) in [5, 5.41) is 12.8. The minimum absolute atomic E-state index is 0.0158. The predicted molar refractivity (Wildman–Crippen MR) is 73.5 cm³/mol. The van der Waals surface area contributed by atoms with E-state index in [0.717, 1.165) is 6.42 Å². The number of fused-ring (bicyclic) bond motifs is 1. The molecular weight excluding hydrogens is 242 g/mol. The number of pyridine rings is 1. The highest BCUT2D eigenvalue weighted by atomic mass is 16.3. The van der Waals surface area contributed by atoms with Crippen molar-refractivity contribution in [2.45, 2.75) is 12.0 Å². The number of nitrogens with one attached hydrogen (secondary N) is 1. The van der Waals surface area contributed by atoms with Crippen LogP contribution >= 0.6 is 0 Å². The van der Waals surface area contributed by atoms with Gasteiger partial charge in [-0.1, -0.05) is 6.08 Å². The Morgan fingerprint density at radius 2 is 2.42 bits per heavy atom. The number of aromatic nitrogens is 3. The maximum atomic E-state index is 9.56. The first-order valence-electron chi connectivity index (χ1n) is 6.08. The van der Waals surface area contributed by atoms with Crippen LogP contribution in [0.2, 0.25) is 0 Å². The lowest BCUT2D eigenvalue weighted by Crippen LogP contribution is -2.29. The third-order valence-electron chi connectivity index (χ3n) is 3.54. The maximum absolute atomic E-state index is 9.56. The van der Waals surface area contributed by atoms with Gasteiger partial charge in [0.05, 0.1) is 17.7 Å². The summed E-state index contributed by atoms with van der Waals surface area (Å²) < 4.78 is 0. The molecule has 0 unspecified atom stereocenters. The van der Waals surface area contributed by atoms with Gasteiger partial charge in [0, 0.05) is 12.1 Å². The summed E-state index contributed by atoms with van der Waals surface area (Å²) >= 11 is 0. The Balaban J connectivity index is 2.03. The predicted octanol–water partition coefficient (Wildman–Crippen LogP) is 0.956. The van der Waals surface area contributed by atoms with Gasteiger partial charge in [0.1, 0.15) is 5.52 Å². The summed E-state index contributed by atoms with van der Waals surface area (Å²) in [7, 11) is 0. The topological polar surface area (TPSA) is 97.0 Å². The first-order valence-corrected chi connectivity index (χ1v) is 6.08. The van der Waals surface area contributed by atoms with Crippen LogP contribution in [0.4, 0.5) is 11.8 Å². The number of aliphatic hydroxyl groups is 1. The Morgan fingerprint density at radius 1 is 1.58 bits per heavy atom. The standard InChI is InChI=1S/C13H15N5O/c1-2-8-6-13(8,7-19)18-11-10-9(4-3-5-15-10)16-12(14)17-11/h2-5,8,19H,1,6-7H2,(H3,14,16,17,18)/t8-,13+/m1/s1. The van der Waals surface area contributed by atoms with Crippen molar-refractivity contribution >= 4 is 22.8 Å². The highest BCUT2D eigenvalue weighted by molar-refractivity contribution is 5.86. The molecule has 6 heteroatoms. The second-order valence-electron chi connectivity index (χ2n) is 4.79. The van der Waals surface area contributed by atoms with Crippen molar-refractivity contribution in [3.05, 3.63) is 31.0 Å². The molecule has 0 radical (unpaired) electrons. The van der Waals surface area contributed by atoms with Crippen LogP contribution in [-0.4, -0.2) is 32.2 Å². The Labute approximate surface area is 110 Å². The van der Waals surface area contributed by atoms with E-state index < -0.39 is 5.54 Å². The van der Waals surface area contributed by atoms with Gasteiger partial charge in [-0.15, -0.1) is 6.58 Å². The Morgan fingerprint density at radius 3 is 3.11 bits per heavy atom. The van der Waals surface area contributed by atoms with Crippen LogP contribution in [0.15, 0.2) is 31.0 Å². The Bertz CT molecular complexity index is 644. The fraction of sp³-hybridized carbons (Fsp3) is 0.308. The molecule has 4 N–H and O–H groups in total. The molecule has 0 bridgehead atoms.